The van der Waals surface area contributed by atoms with Crippen molar-refractivity contribution in [2.24, 2.45) is 17.8 Å². The molecular weight excluding hydrogens is 198 g/mol. The smallest absolute Gasteiger partial charge is 0.0445 e. The van der Waals surface area contributed by atoms with Crippen LogP contribution >= 0.6 is 0 Å². The highest BCUT2D eigenvalue weighted by molar-refractivity contribution is 4.91. The van der Waals surface area contributed by atoms with Crippen molar-refractivity contribution in [1.29, 1.82) is 0 Å². The van der Waals surface area contributed by atoms with E-state index in [1.54, 1.807) is 0 Å². The molecule has 4 atom stereocenters. The van der Waals surface area contributed by atoms with Crippen LogP contribution in [0.3, 0.4) is 0 Å². The molecule has 4 unspecified atom stereocenters. The van der Waals surface area contributed by atoms with Crippen molar-refractivity contribution in [3.8, 4) is 0 Å². The van der Waals surface area contributed by atoms with Gasteiger partial charge in [-0.3, -0.25) is 0 Å². The van der Waals surface area contributed by atoms with E-state index in [4.69, 9.17) is 5.11 Å². The maximum absolute atomic E-state index is 9.12. The molecule has 0 radical (unpaired) electrons. The van der Waals surface area contributed by atoms with Gasteiger partial charge in [0.15, 0.2) is 0 Å². The molecule has 2 fully saturated rings. The van der Waals surface area contributed by atoms with E-state index in [0.29, 0.717) is 18.7 Å². The van der Waals surface area contributed by atoms with Crippen LogP contribution in [-0.2, 0) is 0 Å². The van der Waals surface area contributed by atoms with E-state index in [2.05, 4.69) is 19.2 Å². The molecule has 0 aliphatic heterocycles. The first-order valence-electron chi connectivity index (χ1n) is 7.09. The van der Waals surface area contributed by atoms with Crippen LogP contribution in [0.2, 0.25) is 0 Å². The van der Waals surface area contributed by atoms with Crippen LogP contribution in [-0.4, -0.2) is 23.8 Å². The summed E-state index contributed by atoms with van der Waals surface area (Å²) in [5, 5.41) is 13.0. The summed E-state index contributed by atoms with van der Waals surface area (Å²) < 4.78 is 0. The van der Waals surface area contributed by atoms with Crippen LogP contribution < -0.4 is 5.32 Å². The van der Waals surface area contributed by atoms with Crippen LogP contribution in [0.15, 0.2) is 0 Å². The normalized spacial score (nSPS) is 37.3. The predicted molar refractivity (Wildman–Crippen MR) is 67.3 cm³/mol. The number of aliphatic hydroxyl groups is 1. The minimum Gasteiger partial charge on any atom is -0.396 e. The summed E-state index contributed by atoms with van der Waals surface area (Å²) in [6.45, 7) is 5.12. The van der Waals surface area contributed by atoms with Gasteiger partial charge >= 0.3 is 0 Å². The van der Waals surface area contributed by atoms with Crippen molar-refractivity contribution in [3.63, 3.8) is 0 Å². The van der Waals surface area contributed by atoms with Crippen LogP contribution in [0.5, 0.6) is 0 Å². The molecule has 0 aromatic heterocycles. The molecule has 0 aromatic carbocycles. The maximum atomic E-state index is 9.12. The Balaban J connectivity index is 1.85. The second-order valence-electron chi connectivity index (χ2n) is 6.00. The minimum atomic E-state index is 0.338. The fraction of sp³-hybridized carbons (Fsp3) is 1.00. The van der Waals surface area contributed by atoms with Gasteiger partial charge in [-0.05, 0) is 43.4 Å². The number of hydrogen-bond donors (Lipinski definition) is 2. The molecule has 16 heavy (non-hydrogen) atoms. The van der Waals surface area contributed by atoms with Crippen molar-refractivity contribution in [2.75, 3.05) is 6.61 Å². The highest BCUT2D eigenvalue weighted by Crippen LogP contribution is 2.36. The second-order valence-corrected chi connectivity index (χ2v) is 6.00. The fourth-order valence-corrected chi connectivity index (χ4v) is 3.18. The van der Waals surface area contributed by atoms with E-state index in [0.717, 1.165) is 24.2 Å². The van der Waals surface area contributed by atoms with Crippen LogP contribution in [0.25, 0.3) is 0 Å². The topological polar surface area (TPSA) is 32.3 Å². The Morgan fingerprint density at radius 1 is 1.19 bits per heavy atom. The van der Waals surface area contributed by atoms with E-state index in [1.165, 1.54) is 32.1 Å². The van der Waals surface area contributed by atoms with Gasteiger partial charge in [0.2, 0.25) is 0 Å². The largest absolute Gasteiger partial charge is 0.396 e. The Morgan fingerprint density at radius 2 is 1.94 bits per heavy atom. The Kier molecular flexibility index (Phi) is 4.26. The molecule has 0 bridgehead atoms. The Bertz CT molecular complexity index is 215. The second kappa shape index (κ2) is 5.50. The van der Waals surface area contributed by atoms with Gasteiger partial charge in [-0.2, -0.15) is 0 Å². The summed E-state index contributed by atoms with van der Waals surface area (Å²) in [5.74, 6) is 2.52. The summed E-state index contributed by atoms with van der Waals surface area (Å²) in [6.07, 6.45) is 7.79. The third-order valence-electron chi connectivity index (χ3n) is 4.77. The molecule has 0 amide bonds. The average Bonchev–Trinajstić information content (AvgIpc) is 3.07. The zero-order valence-corrected chi connectivity index (χ0v) is 10.8. The molecular formula is C14H27NO. The zero-order chi connectivity index (χ0) is 11.5. The van der Waals surface area contributed by atoms with E-state index >= 15 is 0 Å². The van der Waals surface area contributed by atoms with Crippen molar-refractivity contribution < 1.29 is 5.11 Å². The molecule has 2 aliphatic carbocycles. The SMILES string of the molecule is CC1CCCC(NC(CCO)C2CC2)C1C. The molecule has 94 valence electrons. The molecule has 0 aromatic rings. The average molecular weight is 225 g/mol. The molecule has 0 saturated heterocycles. The lowest BCUT2D eigenvalue weighted by molar-refractivity contribution is 0.174. The third-order valence-corrected chi connectivity index (χ3v) is 4.77. The Hall–Kier alpha value is -0.0800. The zero-order valence-electron chi connectivity index (χ0n) is 10.8. The van der Waals surface area contributed by atoms with Gasteiger partial charge in [0.25, 0.3) is 0 Å². The summed E-state index contributed by atoms with van der Waals surface area (Å²) in [6, 6.07) is 1.28. The molecule has 0 heterocycles. The standard InChI is InChI=1S/C14H27NO/c1-10-4-3-5-13(11(10)2)15-14(8-9-16)12-6-7-12/h10-16H,3-9H2,1-2H3. The van der Waals surface area contributed by atoms with Crippen LogP contribution in [0.1, 0.15) is 52.4 Å². The van der Waals surface area contributed by atoms with Gasteiger partial charge in [0, 0.05) is 18.7 Å². The monoisotopic (exact) mass is 225 g/mol. The molecule has 2 saturated carbocycles. The number of rotatable bonds is 5. The highest BCUT2D eigenvalue weighted by atomic mass is 16.3. The number of hydrogen-bond acceptors (Lipinski definition) is 2. The Labute approximate surface area is 99.8 Å². The molecule has 2 N–H and O–H groups in total. The van der Waals surface area contributed by atoms with Crippen molar-refractivity contribution in [2.45, 2.75) is 64.5 Å². The lowest BCUT2D eigenvalue weighted by Crippen LogP contribution is -2.47. The summed E-state index contributed by atoms with van der Waals surface area (Å²) >= 11 is 0. The first-order valence-corrected chi connectivity index (χ1v) is 7.09. The van der Waals surface area contributed by atoms with Crippen LogP contribution in [0.4, 0.5) is 0 Å². The van der Waals surface area contributed by atoms with Gasteiger partial charge in [-0.15, -0.1) is 0 Å². The fourth-order valence-electron chi connectivity index (χ4n) is 3.18. The van der Waals surface area contributed by atoms with Crippen molar-refractivity contribution >= 4 is 0 Å². The van der Waals surface area contributed by atoms with Gasteiger partial charge in [0.05, 0.1) is 0 Å². The predicted octanol–water partition coefficient (Wildman–Crippen LogP) is 2.56. The molecule has 2 aliphatic rings. The summed E-state index contributed by atoms with van der Waals surface area (Å²) in [7, 11) is 0. The van der Waals surface area contributed by atoms with E-state index in [-0.39, 0.29) is 0 Å². The van der Waals surface area contributed by atoms with E-state index in [9.17, 15) is 0 Å². The Morgan fingerprint density at radius 3 is 2.56 bits per heavy atom. The molecule has 2 heteroatoms. The molecule has 0 spiro atoms. The first-order chi connectivity index (χ1) is 7.72. The van der Waals surface area contributed by atoms with Gasteiger partial charge in [-0.1, -0.05) is 26.7 Å². The maximum Gasteiger partial charge on any atom is 0.0445 e. The quantitative estimate of drug-likeness (QED) is 0.753. The van der Waals surface area contributed by atoms with Gasteiger partial charge < -0.3 is 10.4 Å². The highest BCUT2D eigenvalue weighted by Gasteiger charge is 2.35. The summed E-state index contributed by atoms with van der Waals surface area (Å²) in [4.78, 5) is 0. The van der Waals surface area contributed by atoms with Crippen molar-refractivity contribution in [3.05, 3.63) is 0 Å². The summed E-state index contributed by atoms with van der Waals surface area (Å²) in [5.41, 5.74) is 0. The van der Waals surface area contributed by atoms with E-state index < -0.39 is 0 Å². The van der Waals surface area contributed by atoms with Crippen molar-refractivity contribution in [1.82, 2.24) is 5.32 Å². The van der Waals surface area contributed by atoms with E-state index in [1.807, 2.05) is 0 Å². The lowest BCUT2D eigenvalue weighted by Gasteiger charge is -2.37. The minimum absolute atomic E-state index is 0.338. The van der Waals surface area contributed by atoms with Gasteiger partial charge in [0.1, 0.15) is 0 Å². The van der Waals surface area contributed by atoms with Crippen LogP contribution in [0, 0.1) is 17.8 Å². The number of nitrogens with one attached hydrogen (secondary N) is 1. The molecule has 2 nitrogen and oxygen atoms in total. The first kappa shape index (κ1) is 12.4. The third kappa shape index (κ3) is 2.98. The lowest BCUT2D eigenvalue weighted by atomic mass is 9.77. The molecule has 2 rings (SSSR count). The number of aliphatic hydroxyl groups excluding tert-OH is 1. The van der Waals surface area contributed by atoms with Gasteiger partial charge in [-0.25, -0.2) is 0 Å².